The van der Waals surface area contributed by atoms with Crippen LogP contribution in [0.15, 0.2) is 24.3 Å². The number of rotatable bonds is 6. The van der Waals surface area contributed by atoms with Crippen molar-refractivity contribution < 1.29 is 4.79 Å². The number of nitriles is 1. The summed E-state index contributed by atoms with van der Waals surface area (Å²) < 4.78 is 0. The van der Waals surface area contributed by atoms with Crippen molar-refractivity contribution in [1.29, 1.82) is 5.26 Å². The van der Waals surface area contributed by atoms with Gasteiger partial charge in [0.2, 0.25) is 5.91 Å². The lowest BCUT2D eigenvalue weighted by Gasteiger charge is -2.20. The van der Waals surface area contributed by atoms with E-state index in [1.165, 1.54) is 32.1 Å². The van der Waals surface area contributed by atoms with Gasteiger partial charge in [-0.15, -0.1) is 0 Å². The van der Waals surface area contributed by atoms with Crippen molar-refractivity contribution >= 4 is 23.4 Å². The maximum atomic E-state index is 11.8. The minimum Gasteiger partial charge on any atom is -0.326 e. The van der Waals surface area contributed by atoms with Crippen molar-refractivity contribution in [3.63, 3.8) is 0 Å². The molecule has 1 aromatic carbocycles. The Morgan fingerprint density at radius 1 is 1.24 bits per heavy atom. The molecule has 0 bridgehead atoms. The Morgan fingerprint density at radius 3 is 2.62 bits per heavy atom. The Balaban J connectivity index is 1.61. The second-order valence-corrected chi connectivity index (χ2v) is 6.88. The van der Waals surface area contributed by atoms with Crippen molar-refractivity contribution in [2.45, 2.75) is 50.2 Å². The highest BCUT2D eigenvalue weighted by molar-refractivity contribution is 7.99. The number of amides is 1. The number of thioether (sulfide) groups is 1. The van der Waals surface area contributed by atoms with Crippen LogP contribution in [0.5, 0.6) is 0 Å². The molecule has 0 aromatic heterocycles. The van der Waals surface area contributed by atoms with E-state index in [1.54, 1.807) is 24.3 Å². The molecule has 2 rings (SSSR count). The van der Waals surface area contributed by atoms with E-state index in [-0.39, 0.29) is 5.91 Å². The van der Waals surface area contributed by atoms with Gasteiger partial charge in [-0.05, 0) is 49.3 Å². The molecule has 0 aliphatic heterocycles. The van der Waals surface area contributed by atoms with E-state index in [1.807, 2.05) is 11.8 Å². The summed E-state index contributed by atoms with van der Waals surface area (Å²) in [6, 6.07) is 9.04. The minimum absolute atomic E-state index is 0.0592. The first-order chi connectivity index (χ1) is 10.3. The summed E-state index contributed by atoms with van der Waals surface area (Å²) in [6.07, 6.45) is 8.34. The number of nitrogens with zero attached hydrogens (tertiary/aromatic N) is 1. The molecule has 1 aromatic rings. The smallest absolute Gasteiger partial charge is 0.224 e. The molecule has 1 saturated carbocycles. The van der Waals surface area contributed by atoms with Crippen LogP contribution in [0, 0.1) is 11.3 Å². The molecule has 1 amide bonds. The van der Waals surface area contributed by atoms with Crippen LogP contribution in [-0.4, -0.2) is 16.9 Å². The van der Waals surface area contributed by atoms with Gasteiger partial charge in [-0.1, -0.05) is 19.3 Å². The van der Waals surface area contributed by atoms with Gasteiger partial charge >= 0.3 is 0 Å². The van der Waals surface area contributed by atoms with Crippen molar-refractivity contribution in [3.05, 3.63) is 29.8 Å². The van der Waals surface area contributed by atoms with Gasteiger partial charge in [0.05, 0.1) is 11.6 Å². The first-order valence-corrected chi connectivity index (χ1v) is 8.74. The molecule has 1 aliphatic rings. The average molecular weight is 302 g/mol. The zero-order valence-electron chi connectivity index (χ0n) is 12.3. The van der Waals surface area contributed by atoms with Crippen molar-refractivity contribution in [2.24, 2.45) is 0 Å². The minimum atomic E-state index is 0.0592. The Hall–Kier alpha value is -1.47. The summed E-state index contributed by atoms with van der Waals surface area (Å²) in [7, 11) is 0. The molecule has 1 aliphatic carbocycles. The maximum Gasteiger partial charge on any atom is 0.224 e. The zero-order chi connectivity index (χ0) is 14.9. The second kappa shape index (κ2) is 8.74. The van der Waals surface area contributed by atoms with E-state index in [2.05, 4.69) is 11.4 Å². The van der Waals surface area contributed by atoms with E-state index >= 15 is 0 Å². The third-order valence-electron chi connectivity index (χ3n) is 3.75. The number of hydrogen-bond donors (Lipinski definition) is 1. The summed E-state index contributed by atoms with van der Waals surface area (Å²) >= 11 is 2.03. The van der Waals surface area contributed by atoms with Gasteiger partial charge in [-0.2, -0.15) is 17.0 Å². The number of anilines is 1. The van der Waals surface area contributed by atoms with Gasteiger partial charge in [0.25, 0.3) is 0 Å². The molecule has 1 fully saturated rings. The molecule has 1 N–H and O–H groups in total. The second-order valence-electron chi connectivity index (χ2n) is 5.47. The lowest BCUT2D eigenvalue weighted by atomic mass is 10.0. The van der Waals surface area contributed by atoms with E-state index in [0.717, 1.165) is 23.1 Å². The first kappa shape index (κ1) is 15.9. The number of carbonyl (C=O) groups excluding carboxylic acids is 1. The Morgan fingerprint density at radius 2 is 1.95 bits per heavy atom. The van der Waals surface area contributed by atoms with E-state index in [4.69, 9.17) is 5.26 Å². The molecule has 4 heteroatoms. The van der Waals surface area contributed by atoms with Crippen molar-refractivity contribution in [3.8, 4) is 6.07 Å². The van der Waals surface area contributed by atoms with Crippen LogP contribution in [0.1, 0.15) is 50.5 Å². The molecule has 0 saturated heterocycles. The Kier molecular flexibility index (Phi) is 6.62. The largest absolute Gasteiger partial charge is 0.326 e. The molecule has 0 spiro atoms. The fraction of sp³-hybridized carbons (Fsp3) is 0.529. The molecular weight excluding hydrogens is 280 g/mol. The molecule has 3 nitrogen and oxygen atoms in total. The van der Waals surface area contributed by atoms with Crippen LogP contribution in [-0.2, 0) is 4.79 Å². The number of nitrogens with one attached hydrogen (secondary N) is 1. The van der Waals surface area contributed by atoms with Crippen LogP contribution in [0.4, 0.5) is 5.69 Å². The van der Waals surface area contributed by atoms with Crippen LogP contribution in [0.2, 0.25) is 0 Å². The molecule has 0 atom stereocenters. The van der Waals surface area contributed by atoms with Crippen LogP contribution >= 0.6 is 11.8 Å². The summed E-state index contributed by atoms with van der Waals surface area (Å²) in [5, 5.41) is 12.4. The predicted molar refractivity (Wildman–Crippen MR) is 88.4 cm³/mol. The fourth-order valence-electron chi connectivity index (χ4n) is 2.57. The third-order valence-corrected chi connectivity index (χ3v) is 5.22. The highest BCUT2D eigenvalue weighted by Crippen LogP contribution is 2.28. The number of carbonyl (C=O) groups is 1. The van der Waals surface area contributed by atoms with Crippen molar-refractivity contribution in [2.75, 3.05) is 11.1 Å². The molecular formula is C17H22N2OS. The Labute approximate surface area is 131 Å². The van der Waals surface area contributed by atoms with Crippen LogP contribution < -0.4 is 5.32 Å². The van der Waals surface area contributed by atoms with Crippen LogP contribution in [0.25, 0.3) is 0 Å². The lowest BCUT2D eigenvalue weighted by Crippen LogP contribution is -2.12. The van der Waals surface area contributed by atoms with Gasteiger partial charge in [0, 0.05) is 17.4 Å². The maximum absolute atomic E-state index is 11.8. The molecule has 0 heterocycles. The SMILES string of the molecule is N#Cc1ccc(NC(=O)CCCSC2CCCCC2)cc1. The average Bonchev–Trinajstić information content (AvgIpc) is 2.53. The summed E-state index contributed by atoms with van der Waals surface area (Å²) in [6.45, 7) is 0. The Bertz CT molecular complexity index is 487. The van der Waals surface area contributed by atoms with Gasteiger partial charge in [-0.3, -0.25) is 4.79 Å². The first-order valence-electron chi connectivity index (χ1n) is 7.69. The lowest BCUT2D eigenvalue weighted by molar-refractivity contribution is -0.116. The molecule has 0 unspecified atom stereocenters. The van der Waals surface area contributed by atoms with Gasteiger partial charge in [0.15, 0.2) is 0 Å². The monoisotopic (exact) mass is 302 g/mol. The zero-order valence-corrected chi connectivity index (χ0v) is 13.1. The number of hydrogen-bond acceptors (Lipinski definition) is 3. The summed E-state index contributed by atoms with van der Waals surface area (Å²) in [4.78, 5) is 11.8. The van der Waals surface area contributed by atoms with Crippen LogP contribution in [0.3, 0.4) is 0 Å². The predicted octanol–water partition coefficient (Wildman–Crippen LogP) is 4.34. The standard InChI is InChI=1S/C17H22N2OS/c18-13-14-8-10-15(11-9-14)19-17(20)7-4-12-21-16-5-2-1-3-6-16/h8-11,16H,1-7,12H2,(H,19,20). The van der Waals surface area contributed by atoms with Gasteiger partial charge in [-0.25, -0.2) is 0 Å². The van der Waals surface area contributed by atoms with Crippen molar-refractivity contribution in [1.82, 2.24) is 0 Å². The third kappa shape index (κ3) is 5.81. The van der Waals surface area contributed by atoms with E-state index in [9.17, 15) is 4.79 Å². The van der Waals surface area contributed by atoms with E-state index in [0.29, 0.717) is 12.0 Å². The molecule has 21 heavy (non-hydrogen) atoms. The molecule has 0 radical (unpaired) electrons. The quantitative estimate of drug-likeness (QED) is 0.795. The highest BCUT2D eigenvalue weighted by atomic mass is 32.2. The van der Waals surface area contributed by atoms with Gasteiger partial charge in [0.1, 0.15) is 0 Å². The summed E-state index contributed by atoms with van der Waals surface area (Å²) in [5.74, 6) is 1.13. The van der Waals surface area contributed by atoms with E-state index < -0.39 is 0 Å². The highest BCUT2D eigenvalue weighted by Gasteiger charge is 2.13. The molecule has 112 valence electrons. The normalized spacial score (nSPS) is 15.4. The summed E-state index contributed by atoms with van der Waals surface area (Å²) in [5.41, 5.74) is 1.37. The topological polar surface area (TPSA) is 52.9 Å². The van der Waals surface area contributed by atoms with Gasteiger partial charge < -0.3 is 5.32 Å². The fourth-order valence-corrected chi connectivity index (χ4v) is 3.88. The number of benzene rings is 1.